The van der Waals surface area contributed by atoms with Gasteiger partial charge in [0.2, 0.25) is 11.8 Å². The Morgan fingerprint density at radius 1 is 1.39 bits per heavy atom. The predicted molar refractivity (Wildman–Crippen MR) is 85.3 cm³/mol. The zero-order valence-corrected chi connectivity index (χ0v) is 13.4. The third-order valence-electron chi connectivity index (χ3n) is 4.27. The van der Waals surface area contributed by atoms with E-state index in [1.807, 2.05) is 17.0 Å². The summed E-state index contributed by atoms with van der Waals surface area (Å²) >= 11 is 0. The van der Waals surface area contributed by atoms with E-state index in [9.17, 15) is 4.79 Å². The Morgan fingerprint density at radius 2 is 2.17 bits per heavy atom. The molecule has 1 aromatic heterocycles. The Balaban J connectivity index is 1.75. The van der Waals surface area contributed by atoms with E-state index in [1.165, 1.54) is 11.1 Å². The number of hydrogen-bond acceptors (Lipinski definition) is 5. The van der Waals surface area contributed by atoms with Crippen molar-refractivity contribution in [3.8, 4) is 0 Å². The molecule has 0 unspecified atom stereocenters. The number of carbonyl (C=O) groups is 1. The number of fused-ring (bicyclic) bond motifs is 1. The number of nitrogens with two attached hydrogens (primary N) is 1. The number of rotatable bonds is 6. The van der Waals surface area contributed by atoms with Gasteiger partial charge < -0.3 is 10.3 Å². The van der Waals surface area contributed by atoms with Crippen molar-refractivity contribution in [1.82, 2.24) is 15.0 Å². The molecule has 1 atom stereocenters. The molecule has 6 nitrogen and oxygen atoms in total. The van der Waals surface area contributed by atoms with Gasteiger partial charge in [0.15, 0.2) is 5.82 Å². The van der Waals surface area contributed by atoms with Gasteiger partial charge in [-0.1, -0.05) is 42.8 Å². The van der Waals surface area contributed by atoms with Crippen LogP contribution in [0.3, 0.4) is 0 Å². The third-order valence-corrected chi connectivity index (χ3v) is 4.27. The highest BCUT2D eigenvalue weighted by Gasteiger charge is 2.30. The van der Waals surface area contributed by atoms with E-state index in [-0.39, 0.29) is 11.9 Å². The fourth-order valence-electron chi connectivity index (χ4n) is 2.99. The number of carbonyl (C=O) groups excluding carboxylic acids is 1. The normalized spacial score (nSPS) is 17.9. The summed E-state index contributed by atoms with van der Waals surface area (Å²) in [4.78, 5) is 18.3. The minimum Gasteiger partial charge on any atom is -0.368 e. The summed E-state index contributed by atoms with van der Waals surface area (Å²) in [6, 6.07) is 7.81. The van der Waals surface area contributed by atoms with Crippen LogP contribution >= 0.6 is 0 Å². The average molecular weight is 314 g/mol. The minimum atomic E-state index is -0.331. The summed E-state index contributed by atoms with van der Waals surface area (Å²) < 4.78 is 5.27. The van der Waals surface area contributed by atoms with Gasteiger partial charge in [-0.25, -0.2) is 0 Å². The zero-order valence-electron chi connectivity index (χ0n) is 13.4. The Kier molecular flexibility index (Phi) is 4.71. The lowest BCUT2D eigenvalue weighted by molar-refractivity contribution is -0.124. The van der Waals surface area contributed by atoms with Crippen molar-refractivity contribution in [3.05, 3.63) is 47.1 Å². The summed E-state index contributed by atoms with van der Waals surface area (Å²) in [5.74, 6) is 0.964. The van der Waals surface area contributed by atoms with Crippen LogP contribution in [0, 0.1) is 0 Å². The van der Waals surface area contributed by atoms with Crippen LogP contribution in [0.5, 0.6) is 0 Å². The molecule has 1 aromatic carbocycles. The first-order valence-electron chi connectivity index (χ1n) is 8.09. The molecule has 2 aromatic rings. The molecular weight excluding hydrogens is 292 g/mol. The summed E-state index contributed by atoms with van der Waals surface area (Å²) in [5.41, 5.74) is 8.00. The van der Waals surface area contributed by atoms with Gasteiger partial charge in [-0.15, -0.1) is 0 Å². The molecule has 0 saturated heterocycles. The number of hydrogen-bond donors (Lipinski definition) is 1. The Bertz CT molecular complexity index is 683. The van der Waals surface area contributed by atoms with Crippen LogP contribution < -0.4 is 5.73 Å². The number of unbranched alkanes of at least 4 members (excludes halogenated alkanes) is 1. The maximum absolute atomic E-state index is 11.8. The molecule has 2 N–H and O–H groups in total. The van der Waals surface area contributed by atoms with Crippen LogP contribution in [-0.4, -0.2) is 27.0 Å². The first-order valence-corrected chi connectivity index (χ1v) is 8.09. The van der Waals surface area contributed by atoms with Gasteiger partial charge in [0, 0.05) is 13.0 Å². The first-order chi connectivity index (χ1) is 11.2. The molecule has 1 amide bonds. The fraction of sp³-hybridized carbons (Fsp3) is 0.471. The summed E-state index contributed by atoms with van der Waals surface area (Å²) in [6.07, 6.45) is 3.55. The summed E-state index contributed by atoms with van der Waals surface area (Å²) in [7, 11) is 0. The predicted octanol–water partition coefficient (Wildman–Crippen LogP) is 1.82. The third kappa shape index (κ3) is 3.59. The molecule has 6 heteroatoms. The molecule has 0 radical (unpaired) electrons. The number of primary amides is 1. The Hall–Kier alpha value is -2.21. The molecule has 0 saturated carbocycles. The maximum atomic E-state index is 11.8. The monoisotopic (exact) mass is 314 g/mol. The van der Waals surface area contributed by atoms with Crippen LogP contribution in [0.15, 0.2) is 28.8 Å². The lowest BCUT2D eigenvalue weighted by atomic mass is 9.93. The van der Waals surface area contributed by atoms with Gasteiger partial charge >= 0.3 is 0 Å². The van der Waals surface area contributed by atoms with Crippen molar-refractivity contribution in [2.75, 3.05) is 0 Å². The van der Waals surface area contributed by atoms with Crippen LogP contribution in [0.25, 0.3) is 0 Å². The second kappa shape index (κ2) is 6.91. The van der Waals surface area contributed by atoms with Crippen molar-refractivity contribution in [3.63, 3.8) is 0 Å². The van der Waals surface area contributed by atoms with Crippen molar-refractivity contribution < 1.29 is 9.32 Å². The smallest absolute Gasteiger partial charge is 0.235 e. The number of aryl methyl sites for hydroxylation is 1. The van der Waals surface area contributed by atoms with Crippen molar-refractivity contribution in [2.45, 2.75) is 51.7 Å². The topological polar surface area (TPSA) is 85.3 Å². The summed E-state index contributed by atoms with van der Waals surface area (Å²) in [5, 5.41) is 4.03. The highest BCUT2D eigenvalue weighted by Crippen LogP contribution is 2.24. The Labute approximate surface area is 135 Å². The van der Waals surface area contributed by atoms with Gasteiger partial charge in [0.05, 0.1) is 12.6 Å². The van der Waals surface area contributed by atoms with E-state index in [2.05, 4.69) is 29.2 Å². The molecule has 1 aliphatic rings. The molecule has 0 aliphatic carbocycles. The van der Waals surface area contributed by atoms with E-state index in [1.54, 1.807) is 0 Å². The lowest BCUT2D eigenvalue weighted by Crippen LogP contribution is -2.48. The Morgan fingerprint density at radius 3 is 2.91 bits per heavy atom. The molecule has 1 aliphatic heterocycles. The minimum absolute atomic E-state index is 0.311. The van der Waals surface area contributed by atoms with E-state index in [0.29, 0.717) is 31.2 Å². The number of amides is 1. The fourth-order valence-corrected chi connectivity index (χ4v) is 2.99. The van der Waals surface area contributed by atoms with Gasteiger partial charge in [-0.2, -0.15) is 4.98 Å². The molecular formula is C17H22N4O2. The lowest BCUT2D eigenvalue weighted by Gasteiger charge is -2.34. The maximum Gasteiger partial charge on any atom is 0.235 e. The standard InChI is InChI=1S/C17H22N4O2/c1-2-3-8-16-19-15(20-23-16)11-21-10-13-7-5-4-6-12(13)9-14(21)17(18)22/h4-7,14H,2-3,8-11H2,1H3,(H2,18,22)/t14-/m1/s1. The van der Waals surface area contributed by atoms with E-state index in [0.717, 1.165) is 19.3 Å². The first kappa shape index (κ1) is 15.7. The van der Waals surface area contributed by atoms with E-state index < -0.39 is 0 Å². The molecule has 0 fully saturated rings. The number of benzene rings is 1. The number of nitrogens with zero attached hydrogens (tertiary/aromatic N) is 3. The van der Waals surface area contributed by atoms with Gasteiger partial charge in [-0.05, 0) is 24.0 Å². The van der Waals surface area contributed by atoms with Crippen LogP contribution in [0.1, 0.15) is 42.6 Å². The highest BCUT2D eigenvalue weighted by molar-refractivity contribution is 5.80. The van der Waals surface area contributed by atoms with Crippen molar-refractivity contribution in [2.24, 2.45) is 5.73 Å². The molecule has 122 valence electrons. The van der Waals surface area contributed by atoms with Crippen LogP contribution in [0.4, 0.5) is 0 Å². The summed E-state index contributed by atoms with van der Waals surface area (Å²) in [6.45, 7) is 3.26. The van der Waals surface area contributed by atoms with Gasteiger partial charge in [0.25, 0.3) is 0 Å². The van der Waals surface area contributed by atoms with Crippen molar-refractivity contribution >= 4 is 5.91 Å². The van der Waals surface area contributed by atoms with E-state index in [4.69, 9.17) is 10.3 Å². The highest BCUT2D eigenvalue weighted by atomic mass is 16.5. The van der Waals surface area contributed by atoms with E-state index >= 15 is 0 Å². The second-order valence-corrected chi connectivity index (χ2v) is 6.00. The number of aromatic nitrogens is 2. The zero-order chi connectivity index (χ0) is 16.2. The van der Waals surface area contributed by atoms with Gasteiger partial charge in [0.1, 0.15) is 0 Å². The van der Waals surface area contributed by atoms with Gasteiger partial charge in [-0.3, -0.25) is 9.69 Å². The quantitative estimate of drug-likeness (QED) is 0.879. The van der Waals surface area contributed by atoms with Crippen LogP contribution in [0.2, 0.25) is 0 Å². The molecule has 0 spiro atoms. The van der Waals surface area contributed by atoms with Crippen LogP contribution in [-0.2, 0) is 30.7 Å². The largest absolute Gasteiger partial charge is 0.368 e. The molecule has 23 heavy (non-hydrogen) atoms. The average Bonchev–Trinajstić information content (AvgIpc) is 2.99. The molecule has 0 bridgehead atoms. The van der Waals surface area contributed by atoms with Crippen molar-refractivity contribution in [1.29, 1.82) is 0 Å². The SMILES string of the molecule is CCCCc1nc(CN2Cc3ccccc3C[C@@H]2C(N)=O)no1. The second-order valence-electron chi connectivity index (χ2n) is 6.00. The molecule has 3 rings (SSSR count). The molecule has 2 heterocycles.